The molecule has 0 saturated heterocycles. The molecule has 0 amide bonds. The number of hydrogen-bond donors (Lipinski definition) is 2. The summed E-state index contributed by atoms with van der Waals surface area (Å²) in [6, 6.07) is 7.38. The second-order valence-corrected chi connectivity index (χ2v) is 4.54. The molecule has 102 valence electrons. The average Bonchev–Trinajstić information content (AvgIpc) is 2.47. The highest BCUT2D eigenvalue weighted by Crippen LogP contribution is 2.29. The minimum atomic E-state index is -0.324. The zero-order chi connectivity index (χ0) is 13.7. The van der Waals surface area contributed by atoms with Gasteiger partial charge in [-0.3, -0.25) is 0 Å². The number of ether oxygens (including phenoxy) is 2. The summed E-state index contributed by atoms with van der Waals surface area (Å²) in [7, 11) is 1.62. The van der Waals surface area contributed by atoms with Crippen LogP contribution in [0.3, 0.4) is 0 Å². The van der Waals surface area contributed by atoms with Gasteiger partial charge in [-0.15, -0.1) is 0 Å². The smallest absolute Gasteiger partial charge is 0.337 e. The number of benzene rings is 1. The molecular formula is C13H16N2O3S. The van der Waals surface area contributed by atoms with Crippen molar-refractivity contribution in [1.82, 2.24) is 9.44 Å². The number of carbonyl (C=O) groups is 1. The molecule has 1 aromatic rings. The lowest BCUT2D eigenvalue weighted by Gasteiger charge is -2.24. The normalized spacial score (nSPS) is 18.2. The summed E-state index contributed by atoms with van der Waals surface area (Å²) >= 11 is 1.33. The van der Waals surface area contributed by atoms with Crippen molar-refractivity contribution < 1.29 is 14.3 Å². The number of hydrogen-bond acceptors (Lipinski definition) is 6. The SMILES string of the molecule is CCOC(=O)C1=CNSNC1c1cccc(OC)c1. The van der Waals surface area contributed by atoms with Crippen molar-refractivity contribution in [3.63, 3.8) is 0 Å². The summed E-state index contributed by atoms with van der Waals surface area (Å²) in [5.74, 6) is 0.432. The van der Waals surface area contributed by atoms with Gasteiger partial charge in [-0.1, -0.05) is 12.1 Å². The van der Waals surface area contributed by atoms with E-state index in [-0.39, 0.29) is 12.0 Å². The van der Waals surface area contributed by atoms with Crippen molar-refractivity contribution in [3.8, 4) is 5.75 Å². The first-order valence-corrected chi connectivity index (χ1v) is 6.76. The minimum absolute atomic E-state index is 0.222. The van der Waals surface area contributed by atoms with Gasteiger partial charge in [0.25, 0.3) is 0 Å². The number of methoxy groups -OCH3 is 1. The molecule has 19 heavy (non-hydrogen) atoms. The Morgan fingerprint density at radius 2 is 2.32 bits per heavy atom. The maximum Gasteiger partial charge on any atom is 0.337 e. The Balaban J connectivity index is 2.27. The van der Waals surface area contributed by atoms with Gasteiger partial charge in [-0.2, -0.15) is 0 Å². The molecule has 0 fully saturated rings. The topological polar surface area (TPSA) is 59.6 Å². The molecule has 0 aliphatic carbocycles. The van der Waals surface area contributed by atoms with Crippen LogP contribution in [0.15, 0.2) is 36.0 Å². The summed E-state index contributed by atoms with van der Waals surface area (Å²) in [4.78, 5) is 11.9. The fourth-order valence-electron chi connectivity index (χ4n) is 1.79. The van der Waals surface area contributed by atoms with E-state index in [9.17, 15) is 4.79 Å². The van der Waals surface area contributed by atoms with Gasteiger partial charge in [0, 0.05) is 18.3 Å². The third-order valence-electron chi connectivity index (χ3n) is 2.70. The Kier molecular flexibility index (Phi) is 4.70. The maximum atomic E-state index is 11.9. The number of esters is 1. The molecule has 1 aromatic carbocycles. The number of rotatable bonds is 4. The van der Waals surface area contributed by atoms with E-state index in [1.807, 2.05) is 24.3 Å². The molecule has 0 saturated carbocycles. The fourth-order valence-corrected chi connectivity index (χ4v) is 2.43. The molecule has 1 aliphatic heterocycles. The van der Waals surface area contributed by atoms with E-state index < -0.39 is 0 Å². The molecule has 1 unspecified atom stereocenters. The van der Waals surface area contributed by atoms with Gasteiger partial charge < -0.3 is 14.2 Å². The molecular weight excluding hydrogens is 264 g/mol. The highest BCUT2D eigenvalue weighted by molar-refractivity contribution is 7.95. The lowest BCUT2D eigenvalue weighted by atomic mass is 10.00. The van der Waals surface area contributed by atoms with Gasteiger partial charge in [-0.25, -0.2) is 9.52 Å². The van der Waals surface area contributed by atoms with Crippen molar-refractivity contribution in [2.45, 2.75) is 13.0 Å². The lowest BCUT2D eigenvalue weighted by Crippen LogP contribution is -2.29. The van der Waals surface area contributed by atoms with Crippen LogP contribution in [0.25, 0.3) is 0 Å². The third kappa shape index (κ3) is 3.21. The Hall–Kier alpha value is -1.66. The van der Waals surface area contributed by atoms with Crippen LogP contribution >= 0.6 is 12.1 Å². The second-order valence-electron chi connectivity index (χ2n) is 3.87. The fraction of sp³-hybridized carbons (Fsp3) is 0.308. The lowest BCUT2D eigenvalue weighted by molar-refractivity contribution is -0.138. The summed E-state index contributed by atoms with van der Waals surface area (Å²) in [6.07, 6.45) is 1.67. The van der Waals surface area contributed by atoms with Gasteiger partial charge in [-0.05, 0) is 24.6 Å². The summed E-state index contributed by atoms with van der Waals surface area (Å²) < 4.78 is 16.3. The Morgan fingerprint density at radius 1 is 1.47 bits per heavy atom. The Bertz CT molecular complexity index is 491. The van der Waals surface area contributed by atoms with Crippen LogP contribution in [-0.4, -0.2) is 19.7 Å². The molecule has 0 bridgehead atoms. The van der Waals surface area contributed by atoms with Crippen molar-refractivity contribution in [1.29, 1.82) is 0 Å². The molecule has 0 aromatic heterocycles. The van der Waals surface area contributed by atoms with Gasteiger partial charge >= 0.3 is 5.97 Å². The predicted molar refractivity (Wildman–Crippen MR) is 74.3 cm³/mol. The van der Waals surface area contributed by atoms with E-state index in [1.54, 1.807) is 20.2 Å². The largest absolute Gasteiger partial charge is 0.497 e. The van der Waals surface area contributed by atoms with Crippen molar-refractivity contribution in [2.24, 2.45) is 0 Å². The van der Waals surface area contributed by atoms with E-state index in [4.69, 9.17) is 9.47 Å². The summed E-state index contributed by atoms with van der Waals surface area (Å²) in [5.41, 5.74) is 1.50. The molecule has 6 heteroatoms. The van der Waals surface area contributed by atoms with E-state index in [0.717, 1.165) is 11.3 Å². The van der Waals surface area contributed by atoms with Crippen molar-refractivity contribution >= 4 is 18.1 Å². The van der Waals surface area contributed by atoms with E-state index >= 15 is 0 Å². The van der Waals surface area contributed by atoms with Crippen molar-refractivity contribution in [3.05, 3.63) is 41.6 Å². The molecule has 0 spiro atoms. The molecule has 2 rings (SSSR count). The highest BCUT2D eigenvalue weighted by Gasteiger charge is 2.26. The first-order valence-electron chi connectivity index (χ1n) is 5.94. The minimum Gasteiger partial charge on any atom is -0.497 e. The Labute approximate surface area is 116 Å². The zero-order valence-corrected chi connectivity index (χ0v) is 11.6. The number of nitrogens with one attached hydrogen (secondary N) is 2. The van der Waals surface area contributed by atoms with Crippen LogP contribution < -0.4 is 14.2 Å². The monoisotopic (exact) mass is 280 g/mol. The van der Waals surface area contributed by atoms with Crippen LogP contribution in [0.1, 0.15) is 18.5 Å². The summed E-state index contributed by atoms with van der Waals surface area (Å²) in [6.45, 7) is 2.14. The molecule has 0 radical (unpaired) electrons. The quantitative estimate of drug-likeness (QED) is 0.649. The highest BCUT2D eigenvalue weighted by atomic mass is 32.2. The van der Waals surface area contributed by atoms with Gasteiger partial charge in [0.1, 0.15) is 5.75 Å². The van der Waals surface area contributed by atoms with E-state index in [1.165, 1.54) is 12.1 Å². The van der Waals surface area contributed by atoms with Gasteiger partial charge in [0.15, 0.2) is 0 Å². The molecule has 1 heterocycles. The standard InChI is InChI=1S/C13H16N2O3S/c1-3-18-13(16)11-8-14-19-15-12(11)9-5-4-6-10(7-9)17-2/h4-8,12,14-15H,3H2,1-2H3. The molecule has 5 nitrogen and oxygen atoms in total. The van der Waals surface area contributed by atoms with Crippen LogP contribution in [0.4, 0.5) is 0 Å². The van der Waals surface area contributed by atoms with E-state index in [0.29, 0.717) is 12.2 Å². The number of carbonyl (C=O) groups excluding carboxylic acids is 1. The van der Waals surface area contributed by atoms with Crippen LogP contribution in [0, 0.1) is 0 Å². The van der Waals surface area contributed by atoms with Gasteiger partial charge in [0.2, 0.25) is 0 Å². The van der Waals surface area contributed by atoms with Crippen LogP contribution in [-0.2, 0) is 9.53 Å². The zero-order valence-electron chi connectivity index (χ0n) is 10.8. The second kappa shape index (κ2) is 6.49. The first-order chi connectivity index (χ1) is 9.26. The van der Waals surface area contributed by atoms with Gasteiger partial charge in [0.05, 0.1) is 25.3 Å². The van der Waals surface area contributed by atoms with Crippen LogP contribution in [0.5, 0.6) is 5.75 Å². The van der Waals surface area contributed by atoms with Crippen LogP contribution in [0.2, 0.25) is 0 Å². The van der Waals surface area contributed by atoms with E-state index in [2.05, 4.69) is 9.44 Å². The van der Waals surface area contributed by atoms with Crippen molar-refractivity contribution in [2.75, 3.05) is 13.7 Å². The third-order valence-corrected chi connectivity index (χ3v) is 3.29. The summed E-state index contributed by atoms with van der Waals surface area (Å²) in [5, 5.41) is 0. The predicted octanol–water partition coefficient (Wildman–Crippen LogP) is 1.94. The average molecular weight is 280 g/mol. The first kappa shape index (κ1) is 13.8. The molecule has 2 N–H and O–H groups in total. The molecule has 1 atom stereocenters. The Morgan fingerprint density at radius 3 is 3.05 bits per heavy atom. The molecule has 1 aliphatic rings. The maximum absolute atomic E-state index is 11.9.